The summed E-state index contributed by atoms with van der Waals surface area (Å²) in [7, 11) is 0. The van der Waals surface area contributed by atoms with Gasteiger partial charge in [-0.3, -0.25) is 9.59 Å². The van der Waals surface area contributed by atoms with Crippen LogP contribution in [0.4, 0.5) is 0 Å². The van der Waals surface area contributed by atoms with Gasteiger partial charge >= 0.3 is 0 Å². The largest absolute Gasteiger partial charge is 0.494 e. The molecule has 2 bridgehead atoms. The highest BCUT2D eigenvalue weighted by molar-refractivity contribution is 5.98. The zero-order valence-corrected chi connectivity index (χ0v) is 16.4. The van der Waals surface area contributed by atoms with E-state index >= 15 is 0 Å². The van der Waals surface area contributed by atoms with Crippen molar-refractivity contribution in [3.05, 3.63) is 29.8 Å². The van der Waals surface area contributed by atoms with Crippen molar-refractivity contribution >= 4 is 11.7 Å². The first-order valence-electron chi connectivity index (χ1n) is 9.83. The molecule has 1 aromatic carbocycles. The number of fused-ring (bicyclic) bond motifs is 2. The van der Waals surface area contributed by atoms with Gasteiger partial charge in [0.15, 0.2) is 5.78 Å². The van der Waals surface area contributed by atoms with Crippen LogP contribution in [0, 0.1) is 16.7 Å². The highest BCUT2D eigenvalue weighted by Crippen LogP contribution is 2.65. The normalized spacial score (nSPS) is 28.8. The second-order valence-electron chi connectivity index (χ2n) is 8.61. The molecule has 2 aliphatic rings. The second-order valence-corrected chi connectivity index (χ2v) is 8.61. The van der Waals surface area contributed by atoms with Crippen LogP contribution in [0.15, 0.2) is 24.3 Å². The molecule has 0 radical (unpaired) electrons. The number of nitrogens with one attached hydrogen (secondary N) is 1. The zero-order valence-electron chi connectivity index (χ0n) is 16.4. The Morgan fingerprint density at radius 2 is 1.85 bits per heavy atom. The Morgan fingerprint density at radius 1 is 1.15 bits per heavy atom. The van der Waals surface area contributed by atoms with Gasteiger partial charge in [0, 0.05) is 24.4 Å². The topological polar surface area (TPSA) is 55.4 Å². The van der Waals surface area contributed by atoms with Crippen molar-refractivity contribution in [2.45, 2.75) is 65.8 Å². The summed E-state index contributed by atoms with van der Waals surface area (Å²) in [5, 5.41) is 3.23. The Morgan fingerprint density at radius 3 is 2.38 bits per heavy atom. The molecule has 0 aliphatic heterocycles. The number of hydrogen-bond acceptors (Lipinski definition) is 3. The van der Waals surface area contributed by atoms with E-state index in [0.717, 1.165) is 12.2 Å². The molecular formula is C22H31NO3. The van der Waals surface area contributed by atoms with Crippen LogP contribution < -0.4 is 10.1 Å². The van der Waals surface area contributed by atoms with Gasteiger partial charge in [-0.1, -0.05) is 20.8 Å². The van der Waals surface area contributed by atoms with E-state index in [-0.39, 0.29) is 41.4 Å². The van der Waals surface area contributed by atoms with Crippen LogP contribution in [0.3, 0.4) is 0 Å². The van der Waals surface area contributed by atoms with Gasteiger partial charge in [-0.05, 0) is 67.2 Å². The van der Waals surface area contributed by atoms with Crippen molar-refractivity contribution in [3.8, 4) is 5.75 Å². The predicted molar refractivity (Wildman–Crippen MR) is 102 cm³/mol. The fourth-order valence-corrected chi connectivity index (χ4v) is 4.96. The van der Waals surface area contributed by atoms with E-state index < -0.39 is 0 Å². The van der Waals surface area contributed by atoms with E-state index in [1.165, 1.54) is 12.8 Å². The van der Waals surface area contributed by atoms with Crippen LogP contribution in [0.1, 0.15) is 70.2 Å². The molecule has 4 nitrogen and oxygen atoms in total. The number of carbonyl (C=O) groups is 2. The van der Waals surface area contributed by atoms with Crippen molar-refractivity contribution in [2.75, 3.05) is 6.61 Å². The minimum Gasteiger partial charge on any atom is -0.494 e. The van der Waals surface area contributed by atoms with Crippen LogP contribution in [-0.2, 0) is 4.79 Å². The van der Waals surface area contributed by atoms with Crippen molar-refractivity contribution in [3.63, 3.8) is 0 Å². The van der Waals surface area contributed by atoms with Crippen LogP contribution in [-0.4, -0.2) is 24.3 Å². The Balaban J connectivity index is 1.51. The number of rotatable bonds is 7. The van der Waals surface area contributed by atoms with Gasteiger partial charge in [0.1, 0.15) is 5.75 Å². The molecule has 0 saturated heterocycles. The summed E-state index contributed by atoms with van der Waals surface area (Å²) in [6, 6.07) is 7.38. The van der Waals surface area contributed by atoms with Crippen molar-refractivity contribution in [1.82, 2.24) is 5.32 Å². The first-order chi connectivity index (χ1) is 12.3. The Bertz CT molecular complexity index is 679. The number of carbonyl (C=O) groups excluding carboxylic acids is 2. The molecule has 26 heavy (non-hydrogen) atoms. The van der Waals surface area contributed by atoms with E-state index in [1.807, 2.05) is 6.92 Å². The van der Waals surface area contributed by atoms with E-state index in [0.29, 0.717) is 18.1 Å². The van der Waals surface area contributed by atoms with Gasteiger partial charge in [-0.25, -0.2) is 0 Å². The number of ether oxygens (including phenoxy) is 1. The molecule has 1 N–H and O–H groups in total. The molecule has 142 valence electrons. The van der Waals surface area contributed by atoms with Gasteiger partial charge in [-0.15, -0.1) is 0 Å². The van der Waals surface area contributed by atoms with Gasteiger partial charge in [0.05, 0.1) is 6.61 Å². The number of hydrogen-bond donors (Lipinski definition) is 1. The Kier molecular flexibility index (Phi) is 5.14. The third kappa shape index (κ3) is 3.26. The van der Waals surface area contributed by atoms with E-state index in [4.69, 9.17) is 4.74 Å². The fraction of sp³-hybridized carbons (Fsp3) is 0.636. The lowest BCUT2D eigenvalue weighted by Gasteiger charge is -2.39. The smallest absolute Gasteiger partial charge is 0.220 e. The molecule has 3 rings (SSSR count). The molecule has 2 aliphatic carbocycles. The number of Topliss-reactive ketones (excluding diaryl/α,β-unsaturated/α-hetero) is 1. The Labute approximate surface area is 156 Å². The molecule has 2 fully saturated rings. The lowest BCUT2D eigenvalue weighted by Crippen LogP contribution is -2.46. The SMILES string of the molecule is CCOc1ccc(C(=O)CCC(=O)NC2CC3CCC2(C)C3(C)C)cc1. The average Bonchev–Trinajstić information content (AvgIpc) is 2.94. The summed E-state index contributed by atoms with van der Waals surface area (Å²) in [5.41, 5.74) is 1.09. The summed E-state index contributed by atoms with van der Waals surface area (Å²) >= 11 is 0. The van der Waals surface area contributed by atoms with Gasteiger partial charge < -0.3 is 10.1 Å². The fourth-order valence-electron chi connectivity index (χ4n) is 4.96. The molecule has 3 atom stereocenters. The van der Waals surface area contributed by atoms with Gasteiger partial charge in [-0.2, -0.15) is 0 Å². The van der Waals surface area contributed by atoms with Crippen molar-refractivity contribution in [2.24, 2.45) is 16.7 Å². The first-order valence-corrected chi connectivity index (χ1v) is 9.83. The quantitative estimate of drug-likeness (QED) is 0.737. The summed E-state index contributed by atoms with van der Waals surface area (Å²) < 4.78 is 5.39. The van der Waals surface area contributed by atoms with Gasteiger partial charge in [0.2, 0.25) is 5.91 Å². The van der Waals surface area contributed by atoms with Crippen LogP contribution in [0.25, 0.3) is 0 Å². The molecule has 1 amide bonds. The summed E-state index contributed by atoms with van der Waals surface area (Å²) in [4.78, 5) is 24.7. The third-order valence-electron chi connectivity index (χ3n) is 7.20. The lowest BCUT2D eigenvalue weighted by atomic mass is 9.69. The molecule has 0 aromatic heterocycles. The summed E-state index contributed by atoms with van der Waals surface area (Å²) in [6.45, 7) is 9.52. The van der Waals surface area contributed by atoms with Gasteiger partial charge in [0.25, 0.3) is 0 Å². The molecule has 0 heterocycles. The highest BCUT2D eigenvalue weighted by atomic mass is 16.5. The highest BCUT2D eigenvalue weighted by Gasteiger charge is 2.61. The summed E-state index contributed by atoms with van der Waals surface area (Å²) in [6.07, 6.45) is 4.02. The van der Waals surface area contributed by atoms with Crippen LogP contribution in [0.5, 0.6) is 5.75 Å². The molecule has 1 aromatic rings. The molecule has 3 unspecified atom stereocenters. The van der Waals surface area contributed by atoms with E-state index in [9.17, 15) is 9.59 Å². The second kappa shape index (κ2) is 7.05. The molecular weight excluding hydrogens is 326 g/mol. The maximum atomic E-state index is 12.4. The van der Waals surface area contributed by atoms with Crippen molar-refractivity contribution < 1.29 is 14.3 Å². The molecule has 0 spiro atoms. The maximum absolute atomic E-state index is 12.4. The number of amides is 1. The standard InChI is InChI=1S/C22H31NO3/c1-5-26-17-8-6-15(7-9-17)18(24)10-11-20(25)23-19-14-16-12-13-22(19,4)21(16,2)3/h6-9,16,19H,5,10-14H2,1-4H3,(H,23,25). The van der Waals surface area contributed by atoms with E-state index in [1.54, 1.807) is 24.3 Å². The van der Waals surface area contributed by atoms with Crippen molar-refractivity contribution in [1.29, 1.82) is 0 Å². The zero-order chi connectivity index (χ0) is 18.9. The lowest BCUT2D eigenvalue weighted by molar-refractivity contribution is -0.122. The average molecular weight is 357 g/mol. The minimum atomic E-state index is -0.00105. The molecule has 4 heteroatoms. The van der Waals surface area contributed by atoms with Crippen LogP contribution in [0.2, 0.25) is 0 Å². The predicted octanol–water partition coefficient (Wildman–Crippen LogP) is 4.38. The number of ketones is 1. The number of benzene rings is 1. The molecule has 2 saturated carbocycles. The van der Waals surface area contributed by atoms with E-state index in [2.05, 4.69) is 26.1 Å². The maximum Gasteiger partial charge on any atom is 0.220 e. The first kappa shape index (κ1) is 18.9. The van der Waals surface area contributed by atoms with Crippen LogP contribution >= 0.6 is 0 Å². The Hall–Kier alpha value is -1.84. The minimum absolute atomic E-state index is 0.00105. The third-order valence-corrected chi connectivity index (χ3v) is 7.20. The summed E-state index contributed by atoms with van der Waals surface area (Å²) in [5.74, 6) is 1.46. The monoisotopic (exact) mass is 357 g/mol.